The van der Waals surface area contributed by atoms with Crippen molar-refractivity contribution >= 4 is 17.6 Å². The number of hydrogen-bond donors (Lipinski definition) is 4. The van der Waals surface area contributed by atoms with Gasteiger partial charge in [0.25, 0.3) is 0 Å². The van der Waals surface area contributed by atoms with Crippen LogP contribution in [0.25, 0.3) is 0 Å². The number of carboxylic acids is 1. The normalized spacial score (nSPS) is 11.9. The molecular formula is C13H18N2O4. The molecule has 1 aromatic carbocycles. The largest absolute Gasteiger partial charge is 0.506 e. The fourth-order valence-corrected chi connectivity index (χ4v) is 1.68. The molecule has 19 heavy (non-hydrogen) atoms. The van der Waals surface area contributed by atoms with E-state index < -0.39 is 5.97 Å². The predicted molar refractivity (Wildman–Crippen MR) is 71.2 cm³/mol. The van der Waals surface area contributed by atoms with Crippen LogP contribution < -0.4 is 11.1 Å². The third kappa shape index (κ3) is 4.59. The fourth-order valence-electron chi connectivity index (χ4n) is 1.68. The molecule has 0 aliphatic carbocycles. The summed E-state index contributed by atoms with van der Waals surface area (Å²) in [6.45, 7) is 1.97. The maximum Gasteiger partial charge on any atom is 0.335 e. The topological polar surface area (TPSA) is 113 Å². The SMILES string of the molecule is CCCC(N)CC(=O)Nc1cc(C(=O)O)ccc1O. The Labute approximate surface area is 111 Å². The van der Waals surface area contributed by atoms with Crippen LogP contribution in [0, 0.1) is 0 Å². The van der Waals surface area contributed by atoms with Crippen LogP contribution in [-0.2, 0) is 4.79 Å². The zero-order valence-electron chi connectivity index (χ0n) is 10.7. The minimum Gasteiger partial charge on any atom is -0.506 e. The number of carbonyl (C=O) groups excluding carboxylic acids is 1. The number of nitrogens with two attached hydrogens (primary N) is 1. The number of phenolic OH excluding ortho intramolecular Hbond substituents is 1. The molecule has 0 fully saturated rings. The van der Waals surface area contributed by atoms with Crippen molar-refractivity contribution in [3.63, 3.8) is 0 Å². The molecule has 1 rings (SSSR count). The molecule has 1 unspecified atom stereocenters. The van der Waals surface area contributed by atoms with Crippen LogP contribution in [0.15, 0.2) is 18.2 Å². The number of phenols is 1. The molecule has 0 saturated carbocycles. The molecule has 0 bridgehead atoms. The molecule has 5 N–H and O–H groups in total. The van der Waals surface area contributed by atoms with Gasteiger partial charge in [-0.1, -0.05) is 13.3 Å². The van der Waals surface area contributed by atoms with E-state index in [1.54, 1.807) is 0 Å². The van der Waals surface area contributed by atoms with E-state index in [0.29, 0.717) is 0 Å². The summed E-state index contributed by atoms with van der Waals surface area (Å²) in [5.74, 6) is -1.65. The monoisotopic (exact) mass is 266 g/mol. The van der Waals surface area contributed by atoms with Crippen molar-refractivity contribution < 1.29 is 19.8 Å². The number of aromatic carboxylic acids is 1. The quantitative estimate of drug-likeness (QED) is 0.583. The van der Waals surface area contributed by atoms with Gasteiger partial charge in [-0.3, -0.25) is 4.79 Å². The van der Waals surface area contributed by atoms with E-state index in [1.807, 2.05) is 6.92 Å². The average molecular weight is 266 g/mol. The lowest BCUT2D eigenvalue weighted by Gasteiger charge is -2.11. The first-order chi connectivity index (χ1) is 8.93. The summed E-state index contributed by atoms with van der Waals surface area (Å²) in [5.41, 5.74) is 5.81. The second kappa shape index (κ2) is 6.75. The van der Waals surface area contributed by atoms with E-state index in [9.17, 15) is 14.7 Å². The van der Waals surface area contributed by atoms with Crippen LogP contribution in [0.1, 0.15) is 36.5 Å². The number of anilines is 1. The summed E-state index contributed by atoms with van der Waals surface area (Å²) < 4.78 is 0. The van der Waals surface area contributed by atoms with Crippen LogP contribution >= 0.6 is 0 Å². The van der Waals surface area contributed by atoms with Crippen molar-refractivity contribution in [2.24, 2.45) is 5.73 Å². The van der Waals surface area contributed by atoms with Gasteiger partial charge >= 0.3 is 5.97 Å². The lowest BCUT2D eigenvalue weighted by molar-refractivity contribution is -0.116. The Bertz CT molecular complexity index is 474. The third-order valence-electron chi connectivity index (χ3n) is 2.62. The van der Waals surface area contributed by atoms with Crippen LogP contribution in [0.3, 0.4) is 0 Å². The number of hydrogen-bond acceptors (Lipinski definition) is 4. The molecule has 0 spiro atoms. The summed E-state index contributed by atoms with van der Waals surface area (Å²) in [6, 6.07) is 3.46. The number of benzene rings is 1. The Morgan fingerprint density at radius 3 is 2.68 bits per heavy atom. The smallest absolute Gasteiger partial charge is 0.335 e. The van der Waals surface area contributed by atoms with Crippen molar-refractivity contribution in [2.45, 2.75) is 32.2 Å². The maximum atomic E-state index is 11.7. The molecule has 104 valence electrons. The molecule has 0 heterocycles. The zero-order valence-corrected chi connectivity index (χ0v) is 10.7. The van der Waals surface area contributed by atoms with Crippen molar-refractivity contribution in [1.82, 2.24) is 0 Å². The number of carbonyl (C=O) groups is 2. The molecular weight excluding hydrogens is 248 g/mol. The number of amides is 1. The Kier molecular flexibility index (Phi) is 5.32. The molecule has 6 heteroatoms. The average Bonchev–Trinajstić information content (AvgIpc) is 2.31. The highest BCUT2D eigenvalue weighted by Crippen LogP contribution is 2.24. The summed E-state index contributed by atoms with van der Waals surface area (Å²) in [5, 5.41) is 20.9. The van der Waals surface area contributed by atoms with Gasteiger partial charge in [0.15, 0.2) is 0 Å². The highest BCUT2D eigenvalue weighted by atomic mass is 16.4. The second-order valence-corrected chi connectivity index (χ2v) is 4.34. The Hall–Kier alpha value is -2.08. The van der Waals surface area contributed by atoms with Crippen molar-refractivity contribution in [3.05, 3.63) is 23.8 Å². The summed E-state index contributed by atoms with van der Waals surface area (Å²) >= 11 is 0. The van der Waals surface area contributed by atoms with Gasteiger partial charge in [0.05, 0.1) is 11.3 Å². The second-order valence-electron chi connectivity index (χ2n) is 4.34. The molecule has 0 aliphatic heterocycles. The molecule has 0 saturated heterocycles. The lowest BCUT2D eigenvalue weighted by atomic mass is 10.1. The minimum atomic E-state index is -1.13. The van der Waals surface area contributed by atoms with Crippen LogP contribution in [-0.4, -0.2) is 28.1 Å². The molecule has 0 aliphatic rings. The van der Waals surface area contributed by atoms with Crippen molar-refractivity contribution in [3.8, 4) is 5.75 Å². The first-order valence-corrected chi connectivity index (χ1v) is 6.05. The van der Waals surface area contributed by atoms with E-state index in [4.69, 9.17) is 10.8 Å². The van der Waals surface area contributed by atoms with Gasteiger partial charge in [0.1, 0.15) is 5.75 Å². The first kappa shape index (κ1) is 15.0. The van der Waals surface area contributed by atoms with E-state index in [-0.39, 0.29) is 35.4 Å². The van der Waals surface area contributed by atoms with Gasteiger partial charge < -0.3 is 21.3 Å². The number of aromatic hydroxyl groups is 1. The van der Waals surface area contributed by atoms with Gasteiger partial charge in [-0.2, -0.15) is 0 Å². The lowest BCUT2D eigenvalue weighted by Crippen LogP contribution is -2.26. The third-order valence-corrected chi connectivity index (χ3v) is 2.62. The summed E-state index contributed by atoms with van der Waals surface area (Å²) in [4.78, 5) is 22.5. The van der Waals surface area contributed by atoms with E-state index in [2.05, 4.69) is 5.32 Å². The van der Waals surface area contributed by atoms with E-state index >= 15 is 0 Å². The van der Waals surface area contributed by atoms with Crippen LogP contribution in [0.5, 0.6) is 5.75 Å². The fraction of sp³-hybridized carbons (Fsp3) is 0.385. The zero-order chi connectivity index (χ0) is 14.4. The van der Waals surface area contributed by atoms with Gasteiger partial charge in [0, 0.05) is 12.5 Å². The van der Waals surface area contributed by atoms with Gasteiger partial charge in [-0.05, 0) is 24.6 Å². The van der Waals surface area contributed by atoms with Crippen LogP contribution in [0.4, 0.5) is 5.69 Å². The van der Waals surface area contributed by atoms with E-state index in [1.165, 1.54) is 18.2 Å². The molecule has 0 radical (unpaired) electrons. The Morgan fingerprint density at radius 2 is 2.11 bits per heavy atom. The molecule has 0 aromatic heterocycles. The Morgan fingerprint density at radius 1 is 1.42 bits per heavy atom. The highest BCUT2D eigenvalue weighted by molar-refractivity contribution is 5.95. The van der Waals surface area contributed by atoms with Gasteiger partial charge in [0.2, 0.25) is 5.91 Å². The van der Waals surface area contributed by atoms with Gasteiger partial charge in [-0.25, -0.2) is 4.79 Å². The molecule has 1 aromatic rings. The van der Waals surface area contributed by atoms with Crippen molar-refractivity contribution in [1.29, 1.82) is 0 Å². The highest BCUT2D eigenvalue weighted by Gasteiger charge is 2.13. The van der Waals surface area contributed by atoms with Crippen LogP contribution in [0.2, 0.25) is 0 Å². The number of rotatable bonds is 6. The minimum absolute atomic E-state index is 0.00837. The van der Waals surface area contributed by atoms with Crippen molar-refractivity contribution in [2.75, 3.05) is 5.32 Å². The predicted octanol–water partition coefficient (Wildman–Crippen LogP) is 1.55. The Balaban J connectivity index is 2.73. The number of carboxylic acid groups (broad SMARTS) is 1. The molecule has 1 amide bonds. The summed E-state index contributed by atoms with van der Waals surface area (Å²) in [7, 11) is 0. The number of nitrogens with one attached hydrogen (secondary N) is 1. The van der Waals surface area contributed by atoms with E-state index in [0.717, 1.165) is 12.8 Å². The summed E-state index contributed by atoms with van der Waals surface area (Å²) in [6.07, 6.45) is 1.74. The standard InChI is InChI=1S/C13H18N2O4/c1-2-3-9(14)7-12(17)15-10-6-8(13(18)19)4-5-11(10)16/h4-6,9,16H,2-3,7,14H2,1H3,(H,15,17)(H,18,19). The van der Waals surface area contributed by atoms with Gasteiger partial charge in [-0.15, -0.1) is 0 Å². The molecule has 6 nitrogen and oxygen atoms in total. The maximum absolute atomic E-state index is 11.7. The molecule has 1 atom stereocenters. The first-order valence-electron chi connectivity index (χ1n) is 6.05.